The van der Waals surface area contributed by atoms with Gasteiger partial charge in [0.15, 0.2) is 11.5 Å². The molecule has 2 aliphatic heterocycles. The highest BCUT2D eigenvalue weighted by molar-refractivity contribution is 7.13. The minimum atomic E-state index is 0.116. The van der Waals surface area contributed by atoms with E-state index in [9.17, 15) is 4.79 Å². The summed E-state index contributed by atoms with van der Waals surface area (Å²) in [4.78, 5) is 19.0. The van der Waals surface area contributed by atoms with Gasteiger partial charge in [0, 0.05) is 30.1 Å². The Morgan fingerprint density at radius 2 is 2.25 bits per heavy atom. The quantitative estimate of drug-likeness (QED) is 0.917. The summed E-state index contributed by atoms with van der Waals surface area (Å²) in [6.45, 7) is 1.60. The zero-order valence-electron chi connectivity index (χ0n) is 13.2. The van der Waals surface area contributed by atoms with Crippen LogP contribution in [0.4, 0.5) is 0 Å². The molecular formula is C17H19N3O3S. The SMILES string of the molecule is NCC1CCCN1C(=O)Cc1csc(-c2ccc3c(c2)OCO3)n1. The maximum Gasteiger partial charge on any atom is 0.231 e. The molecule has 0 spiro atoms. The fourth-order valence-corrected chi connectivity index (χ4v) is 4.03. The van der Waals surface area contributed by atoms with Gasteiger partial charge in [-0.25, -0.2) is 4.98 Å². The van der Waals surface area contributed by atoms with Gasteiger partial charge >= 0.3 is 0 Å². The predicted octanol–water partition coefficient (Wildman–Crippen LogP) is 2.03. The Hall–Kier alpha value is -2.12. The van der Waals surface area contributed by atoms with Gasteiger partial charge in [0.25, 0.3) is 0 Å². The van der Waals surface area contributed by atoms with Crippen molar-refractivity contribution in [1.82, 2.24) is 9.88 Å². The number of benzene rings is 1. The lowest BCUT2D eigenvalue weighted by Crippen LogP contribution is -2.40. The minimum absolute atomic E-state index is 0.116. The van der Waals surface area contributed by atoms with E-state index in [-0.39, 0.29) is 18.7 Å². The summed E-state index contributed by atoms with van der Waals surface area (Å²) >= 11 is 1.54. The molecule has 1 fully saturated rings. The fourth-order valence-electron chi connectivity index (χ4n) is 3.22. The Balaban J connectivity index is 1.48. The number of nitrogens with two attached hydrogens (primary N) is 1. The molecule has 3 heterocycles. The highest BCUT2D eigenvalue weighted by atomic mass is 32.1. The van der Waals surface area contributed by atoms with Crippen molar-refractivity contribution in [3.8, 4) is 22.1 Å². The van der Waals surface area contributed by atoms with Crippen molar-refractivity contribution in [2.75, 3.05) is 19.9 Å². The number of rotatable bonds is 4. The van der Waals surface area contributed by atoms with Crippen molar-refractivity contribution in [1.29, 1.82) is 0 Å². The van der Waals surface area contributed by atoms with Crippen LogP contribution in [0.2, 0.25) is 0 Å². The van der Waals surface area contributed by atoms with Gasteiger partial charge in [0.05, 0.1) is 12.1 Å². The second-order valence-electron chi connectivity index (χ2n) is 6.01. The van der Waals surface area contributed by atoms with E-state index >= 15 is 0 Å². The lowest BCUT2D eigenvalue weighted by Gasteiger charge is -2.23. The zero-order valence-corrected chi connectivity index (χ0v) is 14.1. The highest BCUT2D eigenvalue weighted by Gasteiger charge is 2.27. The summed E-state index contributed by atoms with van der Waals surface area (Å²) in [6.07, 6.45) is 2.37. The number of hydrogen-bond acceptors (Lipinski definition) is 6. The molecule has 0 radical (unpaired) electrons. The van der Waals surface area contributed by atoms with Crippen molar-refractivity contribution in [3.63, 3.8) is 0 Å². The largest absolute Gasteiger partial charge is 0.454 e. The van der Waals surface area contributed by atoms with Gasteiger partial charge in [-0.1, -0.05) is 0 Å². The van der Waals surface area contributed by atoms with Gasteiger partial charge in [0.2, 0.25) is 12.7 Å². The Morgan fingerprint density at radius 1 is 1.38 bits per heavy atom. The van der Waals surface area contributed by atoms with Crippen LogP contribution in [0.25, 0.3) is 10.6 Å². The number of carbonyl (C=O) groups excluding carboxylic acids is 1. The summed E-state index contributed by atoms with van der Waals surface area (Å²) < 4.78 is 10.7. The van der Waals surface area contributed by atoms with Crippen LogP contribution in [0.15, 0.2) is 23.6 Å². The van der Waals surface area contributed by atoms with Gasteiger partial charge in [-0.2, -0.15) is 0 Å². The fraction of sp³-hybridized carbons (Fsp3) is 0.412. The normalized spacial score (nSPS) is 19.0. The van der Waals surface area contributed by atoms with E-state index in [1.165, 1.54) is 11.3 Å². The second kappa shape index (κ2) is 6.41. The first-order chi connectivity index (χ1) is 11.7. The first-order valence-corrected chi connectivity index (χ1v) is 8.96. The van der Waals surface area contributed by atoms with Crippen LogP contribution in [0.5, 0.6) is 11.5 Å². The van der Waals surface area contributed by atoms with E-state index in [4.69, 9.17) is 15.2 Å². The van der Waals surface area contributed by atoms with E-state index in [1.807, 2.05) is 28.5 Å². The third-order valence-corrected chi connectivity index (χ3v) is 5.41. The van der Waals surface area contributed by atoms with Gasteiger partial charge in [-0.3, -0.25) is 4.79 Å². The topological polar surface area (TPSA) is 77.7 Å². The third-order valence-electron chi connectivity index (χ3n) is 4.47. The maximum absolute atomic E-state index is 12.5. The molecule has 1 saturated heterocycles. The molecule has 0 aliphatic carbocycles. The van der Waals surface area contributed by atoms with Gasteiger partial charge in [-0.15, -0.1) is 11.3 Å². The smallest absolute Gasteiger partial charge is 0.231 e. The molecule has 2 aromatic rings. The van der Waals surface area contributed by atoms with Gasteiger partial charge in [0.1, 0.15) is 5.01 Å². The molecule has 6 nitrogen and oxygen atoms in total. The lowest BCUT2D eigenvalue weighted by molar-refractivity contribution is -0.131. The van der Waals surface area contributed by atoms with E-state index in [0.29, 0.717) is 13.0 Å². The summed E-state index contributed by atoms with van der Waals surface area (Å²) in [5.74, 6) is 1.61. The molecule has 126 valence electrons. The number of hydrogen-bond donors (Lipinski definition) is 1. The molecule has 1 aromatic heterocycles. The van der Waals surface area contributed by atoms with Crippen molar-refractivity contribution in [2.45, 2.75) is 25.3 Å². The Bertz CT molecular complexity index is 761. The molecule has 2 aliphatic rings. The number of ether oxygens (including phenoxy) is 2. The standard InChI is InChI=1S/C17H19N3O3S/c18-8-13-2-1-5-20(13)16(21)7-12-9-24-17(19-12)11-3-4-14-15(6-11)23-10-22-14/h3-4,6,9,13H,1-2,5,7-8,10,18H2. The van der Waals surface area contributed by atoms with Crippen LogP contribution in [0, 0.1) is 0 Å². The number of carbonyl (C=O) groups is 1. The highest BCUT2D eigenvalue weighted by Crippen LogP contribution is 2.36. The van der Waals surface area contributed by atoms with Crippen LogP contribution < -0.4 is 15.2 Å². The van der Waals surface area contributed by atoms with Crippen molar-refractivity contribution < 1.29 is 14.3 Å². The first-order valence-electron chi connectivity index (χ1n) is 8.08. The summed E-state index contributed by atoms with van der Waals surface area (Å²) in [6, 6.07) is 5.96. The number of likely N-dealkylation sites (tertiary alicyclic amines) is 1. The number of aromatic nitrogens is 1. The van der Waals surface area contributed by atoms with Crippen LogP contribution in [0.1, 0.15) is 18.5 Å². The van der Waals surface area contributed by atoms with Crippen molar-refractivity contribution in [3.05, 3.63) is 29.3 Å². The lowest BCUT2D eigenvalue weighted by atomic mass is 10.2. The Labute approximate surface area is 144 Å². The maximum atomic E-state index is 12.5. The minimum Gasteiger partial charge on any atom is -0.454 e. The molecule has 7 heteroatoms. The Morgan fingerprint density at radius 3 is 3.12 bits per heavy atom. The molecule has 1 unspecified atom stereocenters. The van der Waals surface area contributed by atoms with Crippen molar-refractivity contribution >= 4 is 17.2 Å². The molecule has 4 rings (SSSR count). The second-order valence-corrected chi connectivity index (χ2v) is 6.87. The summed E-state index contributed by atoms with van der Waals surface area (Å²) in [7, 11) is 0. The molecule has 1 aromatic carbocycles. The third kappa shape index (κ3) is 2.85. The molecule has 1 amide bonds. The van der Waals surface area contributed by atoms with E-state index in [1.54, 1.807) is 0 Å². The number of nitrogens with zero attached hydrogens (tertiary/aromatic N) is 2. The number of thiazole rings is 1. The molecule has 1 atom stereocenters. The predicted molar refractivity (Wildman–Crippen MR) is 91.2 cm³/mol. The van der Waals surface area contributed by atoms with Gasteiger partial charge in [-0.05, 0) is 31.0 Å². The van der Waals surface area contributed by atoms with Gasteiger partial charge < -0.3 is 20.1 Å². The monoisotopic (exact) mass is 345 g/mol. The number of fused-ring (bicyclic) bond motifs is 1. The van der Waals surface area contributed by atoms with Crippen LogP contribution >= 0.6 is 11.3 Å². The van der Waals surface area contributed by atoms with E-state index in [0.717, 1.165) is 47.2 Å². The number of amides is 1. The van der Waals surface area contributed by atoms with Crippen molar-refractivity contribution in [2.24, 2.45) is 5.73 Å². The molecule has 0 bridgehead atoms. The molecule has 2 N–H and O–H groups in total. The van der Waals surface area contributed by atoms with E-state index < -0.39 is 0 Å². The molecule has 24 heavy (non-hydrogen) atoms. The zero-order chi connectivity index (χ0) is 16.5. The van der Waals surface area contributed by atoms with Crippen LogP contribution in [0.3, 0.4) is 0 Å². The average molecular weight is 345 g/mol. The van der Waals surface area contributed by atoms with Crippen LogP contribution in [-0.2, 0) is 11.2 Å². The average Bonchev–Trinajstić information content (AvgIpc) is 3.33. The molecular weight excluding hydrogens is 326 g/mol. The Kier molecular flexibility index (Phi) is 4.12. The van der Waals surface area contributed by atoms with Crippen LogP contribution in [-0.4, -0.2) is 41.7 Å². The summed E-state index contributed by atoms with van der Waals surface area (Å²) in [5.41, 5.74) is 7.53. The summed E-state index contributed by atoms with van der Waals surface area (Å²) in [5, 5.41) is 2.83. The first kappa shape index (κ1) is 15.4. The van der Waals surface area contributed by atoms with E-state index in [2.05, 4.69) is 4.98 Å². The molecule has 0 saturated carbocycles.